The summed E-state index contributed by atoms with van der Waals surface area (Å²) in [4.78, 5) is 13.5. The summed E-state index contributed by atoms with van der Waals surface area (Å²) in [5.74, 6) is -1.32. The van der Waals surface area contributed by atoms with Gasteiger partial charge in [-0.2, -0.15) is 26.3 Å². The second kappa shape index (κ2) is 7.95. The molecule has 1 amide bonds. The van der Waals surface area contributed by atoms with Crippen LogP contribution in [0.25, 0.3) is 5.57 Å². The molecular weight excluding hydrogens is 386 g/mol. The molecule has 2 aromatic rings. The molecule has 0 aliphatic heterocycles. The molecule has 150 valence electrons. The van der Waals surface area contributed by atoms with Crippen LogP contribution in [0.15, 0.2) is 54.6 Å². The topological polar surface area (TPSA) is 32.3 Å². The Balaban J connectivity index is 2.42. The van der Waals surface area contributed by atoms with Crippen LogP contribution in [0.4, 0.5) is 37.7 Å². The number of anilines is 2. The highest BCUT2D eigenvalue weighted by atomic mass is 19.4. The smallest absolute Gasteiger partial charge is 0.378 e. The maximum absolute atomic E-state index is 13.3. The molecule has 0 unspecified atom stereocenters. The molecule has 1 N–H and O–H groups in total. The highest BCUT2D eigenvalue weighted by Gasteiger charge is 2.36. The number of allylic oxidation sites excluding steroid dienone is 1. The van der Waals surface area contributed by atoms with Crippen molar-refractivity contribution >= 4 is 22.9 Å². The Hall–Kier alpha value is -2.97. The van der Waals surface area contributed by atoms with E-state index < -0.39 is 35.1 Å². The molecule has 0 bridgehead atoms. The Morgan fingerprint density at radius 2 is 1.57 bits per heavy atom. The average Bonchev–Trinajstić information content (AvgIpc) is 2.58. The van der Waals surface area contributed by atoms with Crippen LogP contribution in [-0.2, 0) is 11.0 Å². The third kappa shape index (κ3) is 5.28. The first-order chi connectivity index (χ1) is 12.9. The summed E-state index contributed by atoms with van der Waals surface area (Å²) in [6.45, 7) is 0. The maximum atomic E-state index is 13.3. The van der Waals surface area contributed by atoms with Crippen molar-refractivity contribution in [1.82, 2.24) is 0 Å². The molecule has 0 atom stereocenters. The van der Waals surface area contributed by atoms with Gasteiger partial charge >= 0.3 is 12.4 Å². The molecule has 9 heteroatoms. The lowest BCUT2D eigenvalue weighted by Gasteiger charge is -2.18. The fourth-order valence-electron chi connectivity index (χ4n) is 2.40. The summed E-state index contributed by atoms with van der Waals surface area (Å²) in [5.41, 5.74) is -3.10. The average molecular weight is 402 g/mol. The number of benzene rings is 2. The number of amides is 1. The van der Waals surface area contributed by atoms with Crippen LogP contribution in [-0.4, -0.2) is 26.2 Å². The molecule has 0 spiro atoms. The van der Waals surface area contributed by atoms with Crippen LogP contribution in [0.3, 0.4) is 0 Å². The van der Waals surface area contributed by atoms with Gasteiger partial charge in [-0.25, -0.2) is 0 Å². The van der Waals surface area contributed by atoms with E-state index in [1.165, 1.54) is 43.3 Å². The minimum Gasteiger partial charge on any atom is -0.378 e. The summed E-state index contributed by atoms with van der Waals surface area (Å²) in [6.07, 6.45) is -9.42. The van der Waals surface area contributed by atoms with Crippen molar-refractivity contribution in [2.75, 3.05) is 24.3 Å². The van der Waals surface area contributed by atoms with E-state index in [1.54, 1.807) is 0 Å². The molecule has 0 aliphatic carbocycles. The largest absolute Gasteiger partial charge is 0.418 e. The minimum atomic E-state index is -4.86. The van der Waals surface area contributed by atoms with Gasteiger partial charge in [0.1, 0.15) is 0 Å². The van der Waals surface area contributed by atoms with Crippen LogP contribution in [0.2, 0.25) is 0 Å². The van der Waals surface area contributed by atoms with Crippen LogP contribution >= 0.6 is 0 Å². The lowest BCUT2D eigenvalue weighted by Crippen LogP contribution is -2.19. The maximum Gasteiger partial charge on any atom is 0.418 e. The number of carbonyl (C=O) groups is 1. The van der Waals surface area contributed by atoms with Gasteiger partial charge in [-0.3, -0.25) is 4.79 Å². The lowest BCUT2D eigenvalue weighted by molar-refractivity contribution is -0.136. The predicted octanol–water partition coefficient (Wildman–Crippen LogP) is 5.36. The van der Waals surface area contributed by atoms with Crippen molar-refractivity contribution in [2.45, 2.75) is 12.4 Å². The van der Waals surface area contributed by atoms with Crippen LogP contribution in [0.5, 0.6) is 0 Å². The molecule has 2 aromatic carbocycles. The molecule has 28 heavy (non-hydrogen) atoms. The highest BCUT2D eigenvalue weighted by Crippen LogP contribution is 2.38. The summed E-state index contributed by atoms with van der Waals surface area (Å²) >= 11 is 0. The van der Waals surface area contributed by atoms with Gasteiger partial charge in [0.2, 0.25) is 5.91 Å². The van der Waals surface area contributed by atoms with E-state index in [4.69, 9.17) is 0 Å². The number of rotatable bonds is 4. The fraction of sp³-hybridized carbons (Fsp3) is 0.211. The molecular formula is C19H16F6N2O. The molecule has 0 aliphatic rings. The number of nitrogens with one attached hydrogen (secondary N) is 1. The van der Waals surface area contributed by atoms with E-state index in [0.717, 1.165) is 24.3 Å². The number of carbonyl (C=O) groups excluding carboxylic acids is 1. The summed E-state index contributed by atoms with van der Waals surface area (Å²) in [7, 11) is 3.07. The first-order valence-corrected chi connectivity index (χ1v) is 7.93. The zero-order chi connectivity index (χ0) is 21.1. The van der Waals surface area contributed by atoms with E-state index in [9.17, 15) is 31.1 Å². The Kier molecular flexibility index (Phi) is 6.06. The molecule has 3 nitrogen and oxygen atoms in total. The van der Waals surface area contributed by atoms with Gasteiger partial charge < -0.3 is 10.2 Å². The zero-order valence-electron chi connectivity index (χ0n) is 14.8. The molecule has 0 aromatic heterocycles. The van der Waals surface area contributed by atoms with Crippen LogP contribution in [0.1, 0.15) is 11.1 Å². The molecule has 0 saturated carbocycles. The van der Waals surface area contributed by atoms with E-state index in [0.29, 0.717) is 0 Å². The Morgan fingerprint density at radius 1 is 0.964 bits per heavy atom. The van der Waals surface area contributed by atoms with E-state index in [-0.39, 0.29) is 17.3 Å². The minimum absolute atomic E-state index is 0.223. The van der Waals surface area contributed by atoms with Crippen molar-refractivity contribution in [3.05, 3.63) is 65.7 Å². The standard InChI is InChI=1S/C19H16F6N2O/c1-27(2)13-8-9-16(15(10-13)19(23,24)25)26-17(28)11-14(18(20,21)22)12-6-4-3-5-7-12/h3-11H,1-2H3,(H,26,28)/b14-11-. The summed E-state index contributed by atoms with van der Waals surface area (Å²) in [6, 6.07) is 9.64. The third-order valence-corrected chi connectivity index (χ3v) is 3.75. The monoisotopic (exact) mass is 402 g/mol. The Morgan fingerprint density at radius 3 is 2.07 bits per heavy atom. The number of halogens is 6. The van der Waals surface area contributed by atoms with Crippen LogP contribution in [0, 0.1) is 0 Å². The molecule has 0 heterocycles. The van der Waals surface area contributed by atoms with Crippen LogP contribution < -0.4 is 10.2 Å². The van der Waals surface area contributed by atoms with E-state index in [2.05, 4.69) is 0 Å². The van der Waals surface area contributed by atoms with Gasteiger partial charge in [-0.05, 0) is 23.8 Å². The van der Waals surface area contributed by atoms with Crippen molar-refractivity contribution < 1.29 is 31.1 Å². The van der Waals surface area contributed by atoms with Gasteiger partial charge in [0, 0.05) is 25.9 Å². The van der Waals surface area contributed by atoms with Gasteiger partial charge in [0.15, 0.2) is 0 Å². The number of alkyl halides is 6. The zero-order valence-corrected chi connectivity index (χ0v) is 14.8. The fourth-order valence-corrected chi connectivity index (χ4v) is 2.40. The van der Waals surface area contributed by atoms with Crippen molar-refractivity contribution in [3.8, 4) is 0 Å². The Labute approximate surface area is 157 Å². The van der Waals surface area contributed by atoms with Gasteiger partial charge in [0.05, 0.1) is 16.8 Å². The normalized spacial score (nSPS) is 12.6. The molecule has 2 rings (SSSR count). The summed E-state index contributed by atoms with van der Waals surface area (Å²) < 4.78 is 79.7. The quantitative estimate of drug-likeness (QED) is 0.552. The third-order valence-electron chi connectivity index (χ3n) is 3.75. The number of hydrogen-bond acceptors (Lipinski definition) is 2. The molecule has 0 saturated heterocycles. The second-order valence-electron chi connectivity index (χ2n) is 6.03. The summed E-state index contributed by atoms with van der Waals surface area (Å²) in [5, 5.41) is 1.90. The Bertz CT molecular complexity index is 870. The van der Waals surface area contributed by atoms with Gasteiger partial charge in [-0.15, -0.1) is 0 Å². The molecule has 0 radical (unpaired) electrons. The predicted molar refractivity (Wildman–Crippen MR) is 94.9 cm³/mol. The van der Waals surface area contributed by atoms with Crippen molar-refractivity contribution in [3.63, 3.8) is 0 Å². The van der Waals surface area contributed by atoms with Gasteiger partial charge in [-0.1, -0.05) is 30.3 Å². The lowest BCUT2D eigenvalue weighted by atomic mass is 10.0. The molecule has 0 fully saturated rings. The van der Waals surface area contributed by atoms with E-state index in [1.807, 2.05) is 5.32 Å². The highest BCUT2D eigenvalue weighted by molar-refractivity contribution is 6.05. The van der Waals surface area contributed by atoms with E-state index >= 15 is 0 Å². The second-order valence-corrected chi connectivity index (χ2v) is 6.03. The van der Waals surface area contributed by atoms with Crippen molar-refractivity contribution in [2.24, 2.45) is 0 Å². The number of hydrogen-bond donors (Lipinski definition) is 1. The number of nitrogens with zero attached hydrogens (tertiary/aromatic N) is 1. The SMILES string of the molecule is CN(C)c1ccc(NC(=O)/C=C(/c2ccccc2)C(F)(F)F)c(C(F)(F)F)c1. The van der Waals surface area contributed by atoms with Crippen molar-refractivity contribution in [1.29, 1.82) is 0 Å². The van der Waals surface area contributed by atoms with Gasteiger partial charge in [0.25, 0.3) is 0 Å². The first-order valence-electron chi connectivity index (χ1n) is 7.93. The first kappa shape index (κ1) is 21.3.